The lowest BCUT2D eigenvalue weighted by Gasteiger charge is -2.29. The summed E-state index contributed by atoms with van der Waals surface area (Å²) in [6, 6.07) is 23.7. The van der Waals surface area contributed by atoms with Crippen LogP contribution in [0.5, 0.6) is 0 Å². The molecule has 0 aliphatic carbocycles. The lowest BCUT2D eigenvalue weighted by Crippen LogP contribution is -2.50. The second kappa shape index (κ2) is 11.1. The van der Waals surface area contributed by atoms with Gasteiger partial charge in [-0.1, -0.05) is 54.6 Å². The third-order valence-corrected chi connectivity index (χ3v) is 5.53. The minimum absolute atomic E-state index is 0.137. The number of carbonyl (C=O) groups excluding carboxylic acids is 3. The predicted molar refractivity (Wildman–Crippen MR) is 124 cm³/mol. The van der Waals surface area contributed by atoms with E-state index in [1.54, 1.807) is 54.6 Å². The summed E-state index contributed by atoms with van der Waals surface area (Å²) in [5.41, 5.74) is 0.498. The topological polar surface area (TPSA) is 108 Å². The molecule has 0 spiro atoms. The highest BCUT2D eigenvalue weighted by Gasteiger charge is 2.60. The fraction of sp³-hybridized carbons (Fsp3) is 0.222. The number of hydrogen-bond acceptors (Lipinski definition) is 8. The molecule has 8 nitrogen and oxygen atoms in total. The number of halogens is 1. The summed E-state index contributed by atoms with van der Waals surface area (Å²) in [5, 5.41) is 11.3. The third kappa shape index (κ3) is 5.59. The van der Waals surface area contributed by atoms with Crippen LogP contribution in [0.4, 0.5) is 4.39 Å². The Morgan fingerprint density at radius 3 is 1.67 bits per heavy atom. The molecule has 36 heavy (non-hydrogen) atoms. The lowest BCUT2D eigenvalue weighted by molar-refractivity contribution is -0.246. The Labute approximate surface area is 206 Å². The Kier molecular flexibility index (Phi) is 7.72. The summed E-state index contributed by atoms with van der Waals surface area (Å²) in [5.74, 6) is -5.00. The standard InChI is InChI=1S/C27H23FO8/c28-16-21-22(34-25(30)19-12-6-2-7-13-19)23(35-26(31)20-14-8-3-9-15-20)27(32,36-21)17-33-24(29)18-10-4-1-5-11-18/h1-15,21-23,32H,16-17H2/t21-,22-,23-,27?/m1/s1. The molecular formula is C27H23FO8. The van der Waals surface area contributed by atoms with E-state index in [1.165, 1.54) is 36.4 Å². The van der Waals surface area contributed by atoms with Crippen molar-refractivity contribution in [2.45, 2.75) is 24.1 Å². The number of ether oxygens (including phenoxy) is 4. The zero-order valence-corrected chi connectivity index (χ0v) is 19.0. The monoisotopic (exact) mass is 494 g/mol. The summed E-state index contributed by atoms with van der Waals surface area (Å²) in [6.45, 7) is -2.00. The maximum atomic E-state index is 14.0. The number of alkyl halides is 1. The molecule has 9 heteroatoms. The first-order valence-electron chi connectivity index (χ1n) is 11.1. The third-order valence-electron chi connectivity index (χ3n) is 5.53. The minimum atomic E-state index is -2.49. The fourth-order valence-corrected chi connectivity index (χ4v) is 3.73. The van der Waals surface area contributed by atoms with Gasteiger partial charge in [-0.2, -0.15) is 0 Å². The molecule has 4 rings (SSSR count). The number of esters is 3. The molecular weight excluding hydrogens is 471 g/mol. The molecule has 0 bridgehead atoms. The lowest BCUT2D eigenvalue weighted by atomic mass is 10.0. The highest BCUT2D eigenvalue weighted by Crippen LogP contribution is 2.35. The van der Waals surface area contributed by atoms with Crippen molar-refractivity contribution in [2.75, 3.05) is 13.3 Å². The van der Waals surface area contributed by atoms with Gasteiger partial charge in [0.1, 0.15) is 19.4 Å². The first kappa shape index (κ1) is 25.0. The van der Waals surface area contributed by atoms with Gasteiger partial charge in [0.25, 0.3) is 0 Å². The second-order valence-corrected chi connectivity index (χ2v) is 8.03. The zero-order chi connectivity index (χ0) is 25.5. The molecule has 1 saturated heterocycles. The van der Waals surface area contributed by atoms with Crippen molar-refractivity contribution < 1.29 is 42.8 Å². The van der Waals surface area contributed by atoms with Gasteiger partial charge in [-0.05, 0) is 36.4 Å². The van der Waals surface area contributed by atoms with Crippen molar-refractivity contribution in [1.82, 2.24) is 0 Å². The van der Waals surface area contributed by atoms with Crippen molar-refractivity contribution >= 4 is 17.9 Å². The number of hydrogen-bond donors (Lipinski definition) is 1. The molecule has 1 N–H and O–H groups in total. The Morgan fingerprint density at radius 1 is 0.750 bits per heavy atom. The largest absolute Gasteiger partial charge is 0.456 e. The molecule has 0 saturated carbocycles. The van der Waals surface area contributed by atoms with E-state index < -0.39 is 55.3 Å². The van der Waals surface area contributed by atoms with Crippen LogP contribution in [0.25, 0.3) is 0 Å². The first-order valence-corrected chi connectivity index (χ1v) is 11.1. The Balaban J connectivity index is 1.59. The van der Waals surface area contributed by atoms with Gasteiger partial charge in [0.05, 0.1) is 16.7 Å². The zero-order valence-electron chi connectivity index (χ0n) is 19.0. The molecule has 3 aromatic rings. The van der Waals surface area contributed by atoms with E-state index in [9.17, 15) is 23.9 Å². The average Bonchev–Trinajstić information content (AvgIpc) is 3.19. The van der Waals surface area contributed by atoms with Gasteiger partial charge in [-0.25, -0.2) is 18.8 Å². The molecule has 0 amide bonds. The van der Waals surface area contributed by atoms with Gasteiger partial charge >= 0.3 is 17.9 Å². The Bertz CT molecular complexity index is 1190. The summed E-state index contributed by atoms with van der Waals surface area (Å²) in [6.07, 6.45) is -4.73. The highest BCUT2D eigenvalue weighted by atomic mass is 19.1. The van der Waals surface area contributed by atoms with E-state index in [4.69, 9.17) is 18.9 Å². The van der Waals surface area contributed by atoms with E-state index in [0.717, 1.165) is 0 Å². The van der Waals surface area contributed by atoms with Crippen LogP contribution in [0.1, 0.15) is 31.1 Å². The van der Waals surface area contributed by atoms with Crippen LogP contribution < -0.4 is 0 Å². The van der Waals surface area contributed by atoms with Crippen LogP contribution in [0.3, 0.4) is 0 Å². The Morgan fingerprint density at radius 2 is 1.19 bits per heavy atom. The molecule has 0 radical (unpaired) electrons. The smallest absolute Gasteiger partial charge is 0.338 e. The number of benzene rings is 3. The van der Waals surface area contributed by atoms with E-state index >= 15 is 0 Å². The number of carbonyl (C=O) groups is 3. The molecule has 1 aliphatic rings. The maximum absolute atomic E-state index is 14.0. The first-order chi connectivity index (χ1) is 17.4. The summed E-state index contributed by atoms with van der Waals surface area (Å²) >= 11 is 0. The van der Waals surface area contributed by atoms with Crippen molar-refractivity contribution in [3.8, 4) is 0 Å². The average molecular weight is 494 g/mol. The Hall–Kier alpha value is -4.08. The molecule has 1 heterocycles. The van der Waals surface area contributed by atoms with Crippen LogP contribution in [-0.2, 0) is 18.9 Å². The molecule has 4 atom stereocenters. The molecule has 1 fully saturated rings. The summed E-state index contributed by atoms with van der Waals surface area (Å²) in [4.78, 5) is 38.0. The van der Waals surface area contributed by atoms with Gasteiger partial charge in [0, 0.05) is 0 Å². The maximum Gasteiger partial charge on any atom is 0.338 e. The SMILES string of the molecule is O=C(OCC1(O)O[C@H](CF)[C@@H](OC(=O)c2ccccc2)[C@H]1OC(=O)c1ccccc1)c1ccccc1. The van der Waals surface area contributed by atoms with Crippen molar-refractivity contribution in [3.63, 3.8) is 0 Å². The van der Waals surface area contributed by atoms with Gasteiger partial charge in [-0.15, -0.1) is 0 Å². The predicted octanol–water partition coefficient (Wildman–Crippen LogP) is 3.35. The van der Waals surface area contributed by atoms with Gasteiger partial charge in [0.2, 0.25) is 5.79 Å². The minimum Gasteiger partial charge on any atom is -0.456 e. The molecule has 3 aromatic carbocycles. The van der Waals surface area contributed by atoms with Crippen LogP contribution in [-0.4, -0.2) is 60.4 Å². The molecule has 1 unspecified atom stereocenters. The number of rotatable bonds is 8. The van der Waals surface area contributed by atoms with Crippen LogP contribution >= 0.6 is 0 Å². The highest BCUT2D eigenvalue weighted by molar-refractivity contribution is 5.91. The molecule has 0 aromatic heterocycles. The summed E-state index contributed by atoms with van der Waals surface area (Å²) in [7, 11) is 0. The second-order valence-electron chi connectivity index (χ2n) is 8.03. The molecule has 186 valence electrons. The summed E-state index contributed by atoms with van der Waals surface area (Å²) < 4.78 is 35.5. The van der Waals surface area contributed by atoms with E-state index in [0.29, 0.717) is 0 Å². The molecule has 1 aliphatic heterocycles. The normalized spacial score (nSPS) is 23.0. The van der Waals surface area contributed by atoms with E-state index in [1.807, 2.05) is 0 Å². The van der Waals surface area contributed by atoms with E-state index in [-0.39, 0.29) is 16.7 Å². The van der Waals surface area contributed by atoms with Gasteiger partial charge in [-0.3, -0.25) is 0 Å². The quantitative estimate of drug-likeness (QED) is 0.375. The van der Waals surface area contributed by atoms with Gasteiger partial charge in [0.15, 0.2) is 12.2 Å². The van der Waals surface area contributed by atoms with Gasteiger partial charge < -0.3 is 24.1 Å². The van der Waals surface area contributed by atoms with E-state index in [2.05, 4.69) is 0 Å². The van der Waals surface area contributed by atoms with Crippen molar-refractivity contribution in [1.29, 1.82) is 0 Å². The van der Waals surface area contributed by atoms with Crippen molar-refractivity contribution in [3.05, 3.63) is 108 Å². The van der Waals surface area contributed by atoms with Crippen LogP contribution in [0, 0.1) is 0 Å². The fourth-order valence-electron chi connectivity index (χ4n) is 3.73. The van der Waals surface area contributed by atoms with Crippen LogP contribution in [0.15, 0.2) is 91.0 Å². The van der Waals surface area contributed by atoms with Crippen LogP contribution in [0.2, 0.25) is 0 Å². The number of aliphatic hydroxyl groups is 1. The van der Waals surface area contributed by atoms with Crippen molar-refractivity contribution in [2.24, 2.45) is 0 Å².